The summed E-state index contributed by atoms with van der Waals surface area (Å²) in [6.45, 7) is 3.98. The van der Waals surface area contributed by atoms with E-state index in [1.807, 2.05) is 7.05 Å². The van der Waals surface area contributed by atoms with Crippen LogP contribution >= 0.6 is 15.9 Å². The van der Waals surface area contributed by atoms with Crippen molar-refractivity contribution in [3.05, 3.63) is 12.2 Å². The first kappa shape index (κ1) is 11.7. The van der Waals surface area contributed by atoms with Gasteiger partial charge in [-0.3, -0.25) is 4.68 Å². The molecular weight excluding hydrogens is 244 g/mol. The molecule has 80 valence electrons. The fourth-order valence-electron chi connectivity index (χ4n) is 1.14. The summed E-state index contributed by atoms with van der Waals surface area (Å²) < 4.78 is 1.79. The normalized spacial score (nSPS) is 13.1. The van der Waals surface area contributed by atoms with Crippen LogP contribution in [0.2, 0.25) is 0 Å². The molecule has 0 radical (unpaired) electrons. The molecule has 1 rings (SSSR count). The SMILES string of the molecule is CCC(Br)CCNCc1ncnn1C. The Bertz CT molecular complexity index is 261. The summed E-state index contributed by atoms with van der Waals surface area (Å²) in [4.78, 5) is 4.75. The molecule has 5 heteroatoms. The molecule has 4 nitrogen and oxygen atoms in total. The quantitative estimate of drug-likeness (QED) is 0.623. The van der Waals surface area contributed by atoms with Crippen LogP contribution in [-0.4, -0.2) is 26.1 Å². The Labute approximate surface area is 93.2 Å². The average Bonchev–Trinajstić information content (AvgIpc) is 2.58. The zero-order chi connectivity index (χ0) is 10.4. The number of nitrogens with zero attached hydrogens (tertiary/aromatic N) is 3. The molecule has 0 aliphatic carbocycles. The molecule has 0 spiro atoms. The van der Waals surface area contributed by atoms with Crippen molar-refractivity contribution >= 4 is 15.9 Å². The predicted octanol–water partition coefficient (Wildman–Crippen LogP) is 1.47. The van der Waals surface area contributed by atoms with Crippen molar-refractivity contribution in [1.29, 1.82) is 0 Å². The van der Waals surface area contributed by atoms with Gasteiger partial charge >= 0.3 is 0 Å². The van der Waals surface area contributed by atoms with Gasteiger partial charge in [0.1, 0.15) is 12.2 Å². The van der Waals surface area contributed by atoms with Gasteiger partial charge in [0.25, 0.3) is 0 Å². The summed E-state index contributed by atoms with van der Waals surface area (Å²) in [6.07, 6.45) is 3.90. The molecule has 0 fully saturated rings. The molecule has 0 bridgehead atoms. The molecule has 0 saturated carbocycles. The van der Waals surface area contributed by atoms with Crippen molar-refractivity contribution in [2.24, 2.45) is 7.05 Å². The lowest BCUT2D eigenvalue weighted by molar-refractivity contribution is 0.588. The standard InChI is InChI=1S/C9H17BrN4/c1-3-8(10)4-5-11-6-9-12-7-13-14(9)2/h7-8,11H,3-6H2,1-2H3. The van der Waals surface area contributed by atoms with Gasteiger partial charge in [-0.05, 0) is 19.4 Å². The number of hydrogen-bond acceptors (Lipinski definition) is 3. The van der Waals surface area contributed by atoms with Gasteiger partial charge in [-0.1, -0.05) is 22.9 Å². The van der Waals surface area contributed by atoms with Crippen LogP contribution in [0, 0.1) is 0 Å². The maximum atomic E-state index is 4.13. The fourth-order valence-corrected chi connectivity index (χ4v) is 1.37. The summed E-state index contributed by atoms with van der Waals surface area (Å²) >= 11 is 3.60. The zero-order valence-corrected chi connectivity index (χ0v) is 10.3. The van der Waals surface area contributed by atoms with E-state index in [9.17, 15) is 0 Å². The number of hydrogen-bond donors (Lipinski definition) is 1. The Morgan fingerprint density at radius 3 is 3.00 bits per heavy atom. The van der Waals surface area contributed by atoms with Crippen molar-refractivity contribution in [2.75, 3.05) is 6.54 Å². The van der Waals surface area contributed by atoms with Crippen LogP contribution in [0.1, 0.15) is 25.6 Å². The predicted molar refractivity (Wildman–Crippen MR) is 60.3 cm³/mol. The highest BCUT2D eigenvalue weighted by Crippen LogP contribution is 2.07. The summed E-state index contributed by atoms with van der Waals surface area (Å²) in [5, 5.41) is 7.34. The zero-order valence-electron chi connectivity index (χ0n) is 8.70. The Hall–Kier alpha value is -0.420. The van der Waals surface area contributed by atoms with Gasteiger partial charge in [0.15, 0.2) is 0 Å². The number of aromatic nitrogens is 3. The van der Waals surface area contributed by atoms with Crippen molar-refractivity contribution in [1.82, 2.24) is 20.1 Å². The Kier molecular flexibility index (Phi) is 5.11. The van der Waals surface area contributed by atoms with Crippen LogP contribution in [0.3, 0.4) is 0 Å². The van der Waals surface area contributed by atoms with Crippen molar-refractivity contribution in [3.8, 4) is 0 Å². The monoisotopic (exact) mass is 260 g/mol. The van der Waals surface area contributed by atoms with Gasteiger partial charge in [0, 0.05) is 11.9 Å². The van der Waals surface area contributed by atoms with Gasteiger partial charge in [-0.15, -0.1) is 0 Å². The molecule has 14 heavy (non-hydrogen) atoms. The highest BCUT2D eigenvalue weighted by molar-refractivity contribution is 9.09. The van der Waals surface area contributed by atoms with E-state index in [-0.39, 0.29) is 0 Å². The molecule has 0 aliphatic heterocycles. The summed E-state index contributed by atoms with van der Waals surface area (Å²) in [5.74, 6) is 0.979. The van der Waals surface area contributed by atoms with Crippen molar-refractivity contribution < 1.29 is 0 Å². The number of rotatable bonds is 6. The fraction of sp³-hybridized carbons (Fsp3) is 0.778. The minimum Gasteiger partial charge on any atom is -0.310 e. The molecule has 1 unspecified atom stereocenters. The largest absolute Gasteiger partial charge is 0.310 e. The number of halogens is 1. The third-order valence-electron chi connectivity index (χ3n) is 2.17. The lowest BCUT2D eigenvalue weighted by Gasteiger charge is -2.07. The van der Waals surface area contributed by atoms with Gasteiger partial charge in [-0.25, -0.2) is 4.98 Å². The highest BCUT2D eigenvalue weighted by atomic mass is 79.9. The Balaban J connectivity index is 2.13. The molecule has 0 amide bonds. The second-order valence-corrected chi connectivity index (χ2v) is 4.57. The molecule has 1 N–H and O–H groups in total. The molecule has 1 aromatic rings. The first-order chi connectivity index (χ1) is 6.74. The van der Waals surface area contributed by atoms with Crippen LogP contribution in [0.5, 0.6) is 0 Å². The summed E-state index contributed by atoms with van der Waals surface area (Å²) in [7, 11) is 1.91. The van der Waals surface area contributed by atoms with Crippen LogP contribution < -0.4 is 5.32 Å². The molecule has 1 heterocycles. The lowest BCUT2D eigenvalue weighted by atomic mass is 10.2. The molecule has 0 saturated heterocycles. The molecule has 1 atom stereocenters. The number of alkyl halides is 1. The Morgan fingerprint density at radius 1 is 1.64 bits per heavy atom. The second-order valence-electron chi connectivity index (χ2n) is 3.27. The van der Waals surface area contributed by atoms with E-state index in [0.29, 0.717) is 4.83 Å². The smallest absolute Gasteiger partial charge is 0.140 e. The van der Waals surface area contributed by atoms with Crippen molar-refractivity contribution in [2.45, 2.75) is 31.1 Å². The average molecular weight is 261 g/mol. The highest BCUT2D eigenvalue weighted by Gasteiger charge is 2.01. The van der Waals surface area contributed by atoms with Crippen LogP contribution in [0.15, 0.2) is 6.33 Å². The second kappa shape index (κ2) is 6.14. The molecule has 0 aliphatic rings. The Morgan fingerprint density at radius 2 is 2.43 bits per heavy atom. The van der Waals surface area contributed by atoms with Gasteiger partial charge < -0.3 is 5.32 Å². The van der Waals surface area contributed by atoms with E-state index in [0.717, 1.165) is 25.3 Å². The number of aryl methyl sites for hydroxylation is 1. The third-order valence-corrected chi connectivity index (χ3v) is 3.27. The maximum Gasteiger partial charge on any atom is 0.140 e. The van der Waals surface area contributed by atoms with Crippen LogP contribution in [-0.2, 0) is 13.6 Å². The van der Waals surface area contributed by atoms with Crippen molar-refractivity contribution in [3.63, 3.8) is 0 Å². The number of nitrogens with one attached hydrogen (secondary N) is 1. The molecular formula is C9H17BrN4. The van der Waals surface area contributed by atoms with Crippen LogP contribution in [0.25, 0.3) is 0 Å². The lowest BCUT2D eigenvalue weighted by Crippen LogP contribution is -2.19. The van der Waals surface area contributed by atoms with E-state index < -0.39 is 0 Å². The van der Waals surface area contributed by atoms with E-state index in [2.05, 4.69) is 38.3 Å². The van der Waals surface area contributed by atoms with Gasteiger partial charge in [-0.2, -0.15) is 5.10 Å². The molecule has 1 aromatic heterocycles. The minimum atomic E-state index is 0.620. The summed E-state index contributed by atoms with van der Waals surface area (Å²) in [5.41, 5.74) is 0. The topological polar surface area (TPSA) is 42.7 Å². The minimum absolute atomic E-state index is 0.620. The van der Waals surface area contributed by atoms with E-state index in [1.54, 1.807) is 11.0 Å². The maximum absolute atomic E-state index is 4.13. The van der Waals surface area contributed by atoms with E-state index >= 15 is 0 Å². The molecule has 0 aromatic carbocycles. The van der Waals surface area contributed by atoms with Crippen LogP contribution in [0.4, 0.5) is 0 Å². The summed E-state index contributed by atoms with van der Waals surface area (Å²) in [6, 6.07) is 0. The third kappa shape index (κ3) is 3.75. The van der Waals surface area contributed by atoms with E-state index in [1.165, 1.54) is 6.42 Å². The first-order valence-corrected chi connectivity index (χ1v) is 5.83. The van der Waals surface area contributed by atoms with Gasteiger partial charge in [0.05, 0.1) is 6.54 Å². The first-order valence-electron chi connectivity index (χ1n) is 4.91. The van der Waals surface area contributed by atoms with Gasteiger partial charge in [0.2, 0.25) is 0 Å². The van der Waals surface area contributed by atoms with E-state index in [4.69, 9.17) is 0 Å².